The van der Waals surface area contributed by atoms with Crippen LogP contribution in [0, 0.1) is 0 Å². The first-order chi connectivity index (χ1) is 15.5. The van der Waals surface area contributed by atoms with Gasteiger partial charge in [0.1, 0.15) is 11.5 Å². The molecule has 4 rings (SSSR count). The molecule has 0 bridgehead atoms. The topological polar surface area (TPSA) is 55.8 Å². The second-order valence-electron chi connectivity index (χ2n) is 7.26. The molecule has 1 aliphatic heterocycles. The van der Waals surface area contributed by atoms with Gasteiger partial charge in [-0.2, -0.15) is 0 Å². The second kappa shape index (κ2) is 9.28. The largest absolute Gasteiger partial charge is 0.452 e. The lowest BCUT2D eigenvalue weighted by molar-refractivity contribution is 0.0734. The number of esters is 1. The quantitative estimate of drug-likeness (QED) is 0.262. The Morgan fingerprint density at radius 1 is 1.00 bits per heavy atom. The van der Waals surface area contributed by atoms with E-state index in [2.05, 4.69) is 18.7 Å². The van der Waals surface area contributed by atoms with Gasteiger partial charge in [-0.15, -0.1) is 0 Å². The van der Waals surface area contributed by atoms with Crippen molar-refractivity contribution in [2.75, 3.05) is 18.0 Å². The summed E-state index contributed by atoms with van der Waals surface area (Å²) < 4.78 is 11.2. The van der Waals surface area contributed by atoms with Gasteiger partial charge in [0.2, 0.25) is 5.78 Å². The van der Waals surface area contributed by atoms with Gasteiger partial charge in [0.25, 0.3) is 0 Å². The highest BCUT2D eigenvalue weighted by Crippen LogP contribution is 2.35. The number of Topliss-reactive ketones (excluding diaryl/α,β-unsaturated/α-hetero) is 1. The maximum atomic E-state index is 12.7. The second-order valence-corrected chi connectivity index (χ2v) is 7.69. The Hall–Kier alpha value is -3.57. The number of hydrogen-bond donors (Lipinski definition) is 0. The van der Waals surface area contributed by atoms with Crippen molar-refractivity contribution in [3.8, 4) is 11.5 Å². The van der Waals surface area contributed by atoms with Crippen LogP contribution in [0.4, 0.5) is 5.69 Å². The molecule has 0 aromatic heterocycles. The number of ether oxygens (including phenoxy) is 2. The molecule has 0 atom stereocenters. The van der Waals surface area contributed by atoms with E-state index in [0.717, 1.165) is 24.3 Å². The zero-order valence-corrected chi connectivity index (χ0v) is 18.6. The Morgan fingerprint density at radius 3 is 2.34 bits per heavy atom. The van der Waals surface area contributed by atoms with Crippen molar-refractivity contribution in [1.82, 2.24) is 0 Å². The van der Waals surface area contributed by atoms with E-state index >= 15 is 0 Å². The van der Waals surface area contributed by atoms with Crippen molar-refractivity contribution in [1.29, 1.82) is 0 Å². The molecule has 0 saturated heterocycles. The Morgan fingerprint density at radius 2 is 1.69 bits per heavy atom. The molecule has 32 heavy (non-hydrogen) atoms. The van der Waals surface area contributed by atoms with Crippen molar-refractivity contribution in [3.05, 3.63) is 94.2 Å². The van der Waals surface area contributed by atoms with Gasteiger partial charge < -0.3 is 14.4 Å². The van der Waals surface area contributed by atoms with Crippen LogP contribution in [0.2, 0.25) is 5.02 Å². The van der Waals surface area contributed by atoms with Crippen LogP contribution in [0.3, 0.4) is 0 Å². The zero-order valence-electron chi connectivity index (χ0n) is 17.8. The summed E-state index contributed by atoms with van der Waals surface area (Å²) in [5.74, 6) is 0.166. The van der Waals surface area contributed by atoms with E-state index in [1.54, 1.807) is 48.5 Å². The van der Waals surface area contributed by atoms with Gasteiger partial charge in [-0.25, -0.2) is 4.79 Å². The lowest BCUT2D eigenvalue weighted by Crippen LogP contribution is -2.21. The number of fused-ring (bicyclic) bond motifs is 1. The molecule has 5 nitrogen and oxygen atoms in total. The molecular formula is C26H22ClNO4. The van der Waals surface area contributed by atoms with E-state index in [9.17, 15) is 9.59 Å². The fraction of sp³-hybridized carbons (Fsp3) is 0.154. The summed E-state index contributed by atoms with van der Waals surface area (Å²) >= 11 is 5.85. The Labute approximate surface area is 191 Å². The maximum absolute atomic E-state index is 12.7. The summed E-state index contributed by atoms with van der Waals surface area (Å²) in [5.41, 5.74) is 2.81. The molecule has 1 heterocycles. The first kappa shape index (κ1) is 21.7. The third-order valence-electron chi connectivity index (χ3n) is 5.25. The first-order valence-electron chi connectivity index (χ1n) is 10.4. The van der Waals surface area contributed by atoms with Gasteiger partial charge in [-0.3, -0.25) is 4.79 Å². The lowest BCUT2D eigenvalue weighted by atomic mass is 10.1. The van der Waals surface area contributed by atoms with Crippen LogP contribution >= 0.6 is 11.6 Å². The fourth-order valence-corrected chi connectivity index (χ4v) is 3.63. The molecule has 0 unspecified atom stereocenters. The van der Waals surface area contributed by atoms with Gasteiger partial charge >= 0.3 is 5.97 Å². The standard InChI is InChI=1S/C26H22ClNO4/c1-3-28(4-2)20-11-5-17(6-12-20)15-24-25(29)22-14-13-21(16-23(22)32-24)31-26(30)18-7-9-19(27)10-8-18/h5-16H,3-4H2,1-2H3/b24-15-. The monoisotopic (exact) mass is 447 g/mol. The molecule has 3 aromatic carbocycles. The highest BCUT2D eigenvalue weighted by molar-refractivity contribution is 6.30. The lowest BCUT2D eigenvalue weighted by Gasteiger charge is -2.20. The molecule has 3 aromatic rings. The van der Waals surface area contributed by atoms with E-state index in [1.165, 1.54) is 0 Å². The van der Waals surface area contributed by atoms with Crippen LogP contribution in [0.15, 0.2) is 72.5 Å². The third-order valence-corrected chi connectivity index (χ3v) is 5.50. The average molecular weight is 448 g/mol. The van der Waals surface area contributed by atoms with Gasteiger partial charge in [0.05, 0.1) is 11.1 Å². The number of ketones is 1. The summed E-state index contributed by atoms with van der Waals surface area (Å²) in [6, 6.07) is 19.1. The van der Waals surface area contributed by atoms with E-state index in [4.69, 9.17) is 21.1 Å². The summed E-state index contributed by atoms with van der Waals surface area (Å²) in [6.07, 6.45) is 1.72. The summed E-state index contributed by atoms with van der Waals surface area (Å²) in [4.78, 5) is 27.3. The van der Waals surface area contributed by atoms with Crippen LogP contribution in [0.25, 0.3) is 6.08 Å². The number of carbonyl (C=O) groups excluding carboxylic acids is 2. The van der Waals surface area contributed by atoms with Crippen LogP contribution in [-0.2, 0) is 0 Å². The minimum absolute atomic E-state index is 0.205. The van der Waals surface area contributed by atoms with Crippen LogP contribution in [0.1, 0.15) is 40.1 Å². The number of nitrogens with zero attached hydrogens (tertiary/aromatic N) is 1. The smallest absolute Gasteiger partial charge is 0.343 e. The minimum Gasteiger partial charge on any atom is -0.452 e. The van der Waals surface area contributed by atoms with Crippen LogP contribution in [-0.4, -0.2) is 24.8 Å². The van der Waals surface area contributed by atoms with Crippen molar-refractivity contribution in [2.45, 2.75) is 13.8 Å². The van der Waals surface area contributed by atoms with Crippen molar-refractivity contribution in [2.24, 2.45) is 0 Å². The number of rotatable bonds is 6. The van der Waals surface area contributed by atoms with Gasteiger partial charge in [-0.05, 0) is 74.0 Å². The number of carbonyl (C=O) groups is 2. The maximum Gasteiger partial charge on any atom is 0.343 e. The number of benzene rings is 3. The SMILES string of the molecule is CCN(CC)c1ccc(/C=C2\Oc3cc(OC(=O)c4ccc(Cl)cc4)ccc3C2=O)cc1. The number of allylic oxidation sites excluding steroid dienone is 1. The molecule has 0 fully saturated rings. The summed E-state index contributed by atoms with van der Waals surface area (Å²) in [6.45, 7) is 6.09. The molecule has 162 valence electrons. The summed E-state index contributed by atoms with van der Waals surface area (Å²) in [7, 11) is 0. The van der Waals surface area contributed by atoms with E-state index < -0.39 is 5.97 Å². The fourth-order valence-electron chi connectivity index (χ4n) is 3.50. The molecule has 6 heteroatoms. The van der Waals surface area contributed by atoms with Gasteiger partial charge in [0, 0.05) is 29.9 Å². The Bertz CT molecular complexity index is 1180. The minimum atomic E-state index is -0.519. The molecule has 0 N–H and O–H groups in total. The molecule has 0 spiro atoms. The van der Waals surface area contributed by atoms with Gasteiger partial charge in [0.15, 0.2) is 5.76 Å². The number of halogens is 1. The summed E-state index contributed by atoms with van der Waals surface area (Å²) in [5, 5.41) is 0.535. The zero-order chi connectivity index (χ0) is 22.7. The highest BCUT2D eigenvalue weighted by atomic mass is 35.5. The molecule has 1 aliphatic rings. The van der Waals surface area contributed by atoms with Gasteiger partial charge in [-0.1, -0.05) is 23.7 Å². The van der Waals surface area contributed by atoms with Crippen molar-refractivity contribution in [3.63, 3.8) is 0 Å². The molecular weight excluding hydrogens is 426 g/mol. The number of hydrogen-bond acceptors (Lipinski definition) is 5. The number of anilines is 1. The van der Waals surface area contributed by atoms with E-state index in [1.807, 2.05) is 24.3 Å². The first-order valence-corrected chi connectivity index (χ1v) is 10.8. The Kier molecular flexibility index (Phi) is 6.28. The predicted octanol–water partition coefficient (Wildman–Crippen LogP) is 6.02. The van der Waals surface area contributed by atoms with Crippen molar-refractivity contribution >= 4 is 35.1 Å². The molecule has 0 aliphatic carbocycles. The van der Waals surface area contributed by atoms with Crippen molar-refractivity contribution < 1.29 is 19.1 Å². The normalized spacial score (nSPS) is 13.6. The van der Waals surface area contributed by atoms with E-state index in [0.29, 0.717) is 27.6 Å². The van der Waals surface area contributed by atoms with E-state index in [-0.39, 0.29) is 11.5 Å². The predicted molar refractivity (Wildman–Crippen MR) is 126 cm³/mol. The molecule has 0 radical (unpaired) electrons. The third kappa shape index (κ3) is 4.53. The highest BCUT2D eigenvalue weighted by Gasteiger charge is 2.28. The molecule has 0 saturated carbocycles. The molecule has 0 amide bonds. The average Bonchev–Trinajstić information content (AvgIpc) is 3.10. The Balaban J connectivity index is 1.50. The van der Waals surface area contributed by atoms with Crippen LogP contribution < -0.4 is 14.4 Å². The van der Waals surface area contributed by atoms with Crippen LogP contribution in [0.5, 0.6) is 11.5 Å².